The summed E-state index contributed by atoms with van der Waals surface area (Å²) in [6.45, 7) is 2.22. The lowest BCUT2D eigenvalue weighted by Gasteiger charge is -2.09. The lowest BCUT2D eigenvalue weighted by molar-refractivity contribution is -0.116. The van der Waals surface area contributed by atoms with Gasteiger partial charge in [-0.05, 0) is 37.3 Å². The summed E-state index contributed by atoms with van der Waals surface area (Å²) in [6.07, 6.45) is 1.54. The highest BCUT2D eigenvalue weighted by Gasteiger charge is 2.10. The molecule has 3 rings (SSSR count). The Morgan fingerprint density at radius 1 is 1.15 bits per heavy atom. The molecule has 27 heavy (non-hydrogen) atoms. The van der Waals surface area contributed by atoms with Gasteiger partial charge in [0.05, 0.1) is 29.4 Å². The van der Waals surface area contributed by atoms with Gasteiger partial charge in [0.15, 0.2) is 0 Å². The number of carbonyl (C=O) groups is 2. The summed E-state index contributed by atoms with van der Waals surface area (Å²) in [5, 5.41) is 3.24. The number of amides is 1. The van der Waals surface area contributed by atoms with E-state index in [1.165, 1.54) is 10.9 Å². The maximum absolute atomic E-state index is 12.4. The summed E-state index contributed by atoms with van der Waals surface area (Å²) < 4.78 is 6.36. The Labute approximate surface area is 155 Å². The number of nitrogens with one attached hydrogen (secondary N) is 1. The third kappa shape index (κ3) is 4.38. The van der Waals surface area contributed by atoms with Crippen molar-refractivity contribution >= 4 is 28.5 Å². The van der Waals surface area contributed by atoms with Gasteiger partial charge in [-0.1, -0.05) is 18.2 Å². The van der Waals surface area contributed by atoms with Gasteiger partial charge in [0.2, 0.25) is 5.91 Å². The minimum atomic E-state index is -0.442. The molecule has 3 aromatic rings. The number of esters is 1. The number of ether oxygens (including phenoxy) is 1. The summed E-state index contributed by atoms with van der Waals surface area (Å²) in [7, 11) is 0. The number of benzene rings is 2. The quantitative estimate of drug-likeness (QED) is 0.678. The van der Waals surface area contributed by atoms with E-state index >= 15 is 0 Å². The molecule has 1 aromatic heterocycles. The van der Waals surface area contributed by atoms with Crippen LogP contribution in [-0.4, -0.2) is 28.0 Å². The van der Waals surface area contributed by atoms with Crippen molar-refractivity contribution in [2.24, 2.45) is 0 Å². The van der Waals surface area contributed by atoms with Crippen molar-refractivity contribution in [3.05, 3.63) is 70.8 Å². The van der Waals surface area contributed by atoms with Crippen LogP contribution in [0.3, 0.4) is 0 Å². The predicted octanol–water partition coefficient (Wildman–Crippen LogP) is 2.60. The van der Waals surface area contributed by atoms with Crippen LogP contribution in [0.1, 0.15) is 23.7 Å². The number of rotatable bonds is 6. The van der Waals surface area contributed by atoms with Crippen molar-refractivity contribution in [3.8, 4) is 0 Å². The highest BCUT2D eigenvalue weighted by molar-refractivity contribution is 5.94. The second kappa shape index (κ2) is 8.27. The number of anilines is 1. The molecule has 2 aromatic carbocycles. The Hall–Kier alpha value is -3.48. The van der Waals surface area contributed by atoms with Gasteiger partial charge >= 0.3 is 5.97 Å². The molecule has 0 aliphatic carbocycles. The second-order valence-electron chi connectivity index (χ2n) is 5.86. The average molecular weight is 365 g/mol. The van der Waals surface area contributed by atoms with Crippen LogP contribution in [0, 0.1) is 0 Å². The molecule has 0 atom stereocenters. The van der Waals surface area contributed by atoms with E-state index in [1.807, 2.05) is 6.07 Å². The van der Waals surface area contributed by atoms with Gasteiger partial charge in [0, 0.05) is 18.7 Å². The first-order chi connectivity index (χ1) is 13.1. The van der Waals surface area contributed by atoms with Crippen LogP contribution in [0.15, 0.2) is 59.7 Å². The molecule has 0 bridgehead atoms. The van der Waals surface area contributed by atoms with Crippen LogP contribution in [0.2, 0.25) is 0 Å². The predicted molar refractivity (Wildman–Crippen MR) is 102 cm³/mol. The smallest absolute Gasteiger partial charge is 0.338 e. The number of aryl methyl sites for hydroxylation is 1. The monoisotopic (exact) mass is 365 g/mol. The number of fused-ring (bicyclic) bond motifs is 1. The molecule has 138 valence electrons. The number of carbonyl (C=O) groups excluding carboxylic acids is 2. The fourth-order valence-corrected chi connectivity index (χ4v) is 2.65. The Morgan fingerprint density at radius 2 is 1.96 bits per heavy atom. The number of hydrogen-bond acceptors (Lipinski definition) is 5. The molecule has 0 unspecified atom stereocenters. The van der Waals surface area contributed by atoms with Gasteiger partial charge in [0.25, 0.3) is 5.56 Å². The van der Waals surface area contributed by atoms with Gasteiger partial charge < -0.3 is 10.1 Å². The summed E-state index contributed by atoms with van der Waals surface area (Å²) in [5.41, 5.74) is 1.30. The lowest BCUT2D eigenvalue weighted by atomic mass is 10.2. The van der Waals surface area contributed by atoms with E-state index in [0.717, 1.165) is 0 Å². The van der Waals surface area contributed by atoms with Crippen LogP contribution in [0.4, 0.5) is 5.69 Å². The molecule has 1 N–H and O–H groups in total. The number of hydrogen-bond donors (Lipinski definition) is 1. The first-order valence-electron chi connectivity index (χ1n) is 8.59. The Bertz CT molecular complexity index is 1040. The fraction of sp³-hybridized carbons (Fsp3) is 0.200. The summed E-state index contributed by atoms with van der Waals surface area (Å²) >= 11 is 0. The van der Waals surface area contributed by atoms with Gasteiger partial charge in [-0.15, -0.1) is 0 Å². The van der Waals surface area contributed by atoms with Gasteiger partial charge in [-0.3, -0.25) is 14.2 Å². The van der Waals surface area contributed by atoms with E-state index in [-0.39, 0.29) is 31.0 Å². The van der Waals surface area contributed by atoms with Crippen molar-refractivity contribution < 1.29 is 14.3 Å². The molecule has 0 aliphatic heterocycles. The first-order valence-corrected chi connectivity index (χ1v) is 8.59. The van der Waals surface area contributed by atoms with E-state index < -0.39 is 5.97 Å². The average Bonchev–Trinajstić information content (AvgIpc) is 2.68. The van der Waals surface area contributed by atoms with E-state index in [2.05, 4.69) is 10.3 Å². The van der Waals surface area contributed by atoms with Gasteiger partial charge in [-0.2, -0.15) is 0 Å². The minimum Gasteiger partial charge on any atom is -0.462 e. The molecule has 0 spiro atoms. The zero-order valence-electron chi connectivity index (χ0n) is 14.8. The van der Waals surface area contributed by atoms with Crippen LogP contribution >= 0.6 is 0 Å². The molecule has 7 nitrogen and oxygen atoms in total. The summed E-state index contributed by atoms with van der Waals surface area (Å²) in [6, 6.07) is 13.6. The molecule has 0 radical (unpaired) electrons. The van der Waals surface area contributed by atoms with Crippen molar-refractivity contribution in [1.29, 1.82) is 0 Å². The van der Waals surface area contributed by atoms with Crippen molar-refractivity contribution in [1.82, 2.24) is 9.55 Å². The molecule has 0 saturated heterocycles. The SMILES string of the molecule is CCOC(=O)c1cccc(NC(=O)CCn2cnc3ccccc3c2=O)c1. The lowest BCUT2D eigenvalue weighted by Crippen LogP contribution is -2.23. The standard InChI is InChI=1S/C20H19N3O4/c1-2-27-20(26)14-6-5-7-15(12-14)22-18(24)10-11-23-13-21-17-9-4-3-8-16(17)19(23)25/h3-9,12-13H,2,10-11H2,1H3,(H,22,24). The van der Waals surface area contributed by atoms with Crippen LogP contribution < -0.4 is 10.9 Å². The maximum atomic E-state index is 12.4. The molecule has 1 amide bonds. The van der Waals surface area contributed by atoms with Crippen LogP contribution in [0.25, 0.3) is 10.9 Å². The topological polar surface area (TPSA) is 90.3 Å². The third-order valence-electron chi connectivity index (χ3n) is 3.97. The van der Waals surface area contributed by atoms with Gasteiger partial charge in [0.1, 0.15) is 0 Å². The number of nitrogens with zero attached hydrogens (tertiary/aromatic N) is 2. The summed E-state index contributed by atoms with van der Waals surface area (Å²) in [5.74, 6) is -0.710. The largest absolute Gasteiger partial charge is 0.462 e. The molecular weight excluding hydrogens is 346 g/mol. The fourth-order valence-electron chi connectivity index (χ4n) is 2.65. The molecule has 0 saturated carbocycles. The second-order valence-corrected chi connectivity index (χ2v) is 5.86. The zero-order chi connectivity index (χ0) is 19.2. The minimum absolute atomic E-state index is 0.101. The van der Waals surface area contributed by atoms with E-state index in [4.69, 9.17) is 4.74 Å². The third-order valence-corrected chi connectivity index (χ3v) is 3.97. The first kappa shape index (κ1) is 18.3. The highest BCUT2D eigenvalue weighted by atomic mass is 16.5. The van der Waals surface area contributed by atoms with E-state index in [1.54, 1.807) is 49.4 Å². The molecule has 0 fully saturated rings. The molecular formula is C20H19N3O4. The maximum Gasteiger partial charge on any atom is 0.338 e. The molecule has 1 heterocycles. The normalized spacial score (nSPS) is 10.6. The summed E-state index contributed by atoms with van der Waals surface area (Å²) in [4.78, 5) is 40.6. The molecule has 0 aliphatic rings. The van der Waals surface area contributed by atoms with Crippen molar-refractivity contribution in [3.63, 3.8) is 0 Å². The molecule has 7 heteroatoms. The number of aromatic nitrogens is 2. The zero-order valence-corrected chi connectivity index (χ0v) is 14.8. The van der Waals surface area contributed by atoms with Crippen molar-refractivity contribution in [2.75, 3.05) is 11.9 Å². The highest BCUT2D eigenvalue weighted by Crippen LogP contribution is 2.12. The van der Waals surface area contributed by atoms with Gasteiger partial charge in [-0.25, -0.2) is 9.78 Å². The van der Waals surface area contributed by atoms with E-state index in [9.17, 15) is 14.4 Å². The van der Waals surface area contributed by atoms with Crippen LogP contribution in [0.5, 0.6) is 0 Å². The Balaban J connectivity index is 1.65. The van der Waals surface area contributed by atoms with Crippen molar-refractivity contribution in [2.45, 2.75) is 19.9 Å². The van der Waals surface area contributed by atoms with E-state index in [0.29, 0.717) is 22.2 Å². The number of para-hydroxylation sites is 1. The van der Waals surface area contributed by atoms with Crippen LogP contribution in [-0.2, 0) is 16.1 Å². The Kier molecular flexibility index (Phi) is 5.61. The Morgan fingerprint density at radius 3 is 2.78 bits per heavy atom.